The number of carbonyl (C=O) groups excluding carboxylic acids is 2. The van der Waals surface area contributed by atoms with Crippen molar-refractivity contribution < 1.29 is 19.5 Å². The molecule has 1 aromatic rings. The number of carbonyl (C=O) groups is 3. The van der Waals surface area contributed by atoms with E-state index in [1.165, 1.54) is 27.7 Å². The van der Waals surface area contributed by atoms with Crippen molar-refractivity contribution in [1.29, 1.82) is 0 Å². The third kappa shape index (κ3) is 6.28. The molecule has 2 atom stereocenters. The van der Waals surface area contributed by atoms with Gasteiger partial charge in [0.15, 0.2) is 0 Å². The summed E-state index contributed by atoms with van der Waals surface area (Å²) in [7, 11) is 2.39. The highest BCUT2D eigenvalue weighted by molar-refractivity contribution is 8.76. The summed E-state index contributed by atoms with van der Waals surface area (Å²) < 4.78 is 0. The molecule has 0 bridgehead atoms. The first kappa shape index (κ1) is 20.1. The first-order chi connectivity index (χ1) is 11.4. The maximum atomic E-state index is 12.2. The first-order valence-corrected chi connectivity index (χ1v) is 9.24. The lowest BCUT2D eigenvalue weighted by Gasteiger charge is -2.17. The van der Waals surface area contributed by atoms with Crippen LogP contribution in [0.1, 0.15) is 10.4 Å². The lowest BCUT2D eigenvalue weighted by atomic mass is 10.1. The standard InChI is InChI=1S/C13H19N5O4S2/c14-8-4-2-1-3-7(8)11(19)17-10(12(20)18-16)6-24-23-5-9(15)13(21)22/h1-4,9-10H,5-6,14-16H2,(H,17,19)(H,18,20)(H,21,22). The van der Waals surface area contributed by atoms with Crippen LogP contribution in [0.4, 0.5) is 5.69 Å². The van der Waals surface area contributed by atoms with Crippen LogP contribution in [0.5, 0.6) is 0 Å². The molecule has 1 aromatic carbocycles. The zero-order chi connectivity index (χ0) is 18.1. The number of nitrogens with two attached hydrogens (primary N) is 3. The van der Waals surface area contributed by atoms with Gasteiger partial charge in [0.2, 0.25) is 0 Å². The molecule has 0 aliphatic rings. The Kier molecular flexibility index (Phi) is 8.40. The Bertz CT molecular complexity index is 601. The lowest BCUT2D eigenvalue weighted by molar-refractivity contribution is -0.137. The molecule has 1 rings (SSSR count). The fraction of sp³-hybridized carbons (Fsp3) is 0.308. The van der Waals surface area contributed by atoms with E-state index in [1.54, 1.807) is 18.2 Å². The molecule has 0 aromatic heterocycles. The normalized spacial score (nSPS) is 12.9. The van der Waals surface area contributed by atoms with E-state index < -0.39 is 29.9 Å². The number of nitrogens with one attached hydrogen (secondary N) is 2. The molecule has 0 saturated heterocycles. The van der Waals surface area contributed by atoms with Gasteiger partial charge in [-0.3, -0.25) is 19.8 Å². The number of rotatable bonds is 9. The number of nitrogen functional groups attached to an aromatic ring is 1. The van der Waals surface area contributed by atoms with Crippen LogP contribution in [0.3, 0.4) is 0 Å². The molecule has 0 aliphatic carbocycles. The quantitative estimate of drug-likeness (QED) is 0.0804. The van der Waals surface area contributed by atoms with Gasteiger partial charge in [-0.05, 0) is 12.1 Å². The second-order valence-electron chi connectivity index (χ2n) is 4.64. The van der Waals surface area contributed by atoms with Gasteiger partial charge in [-0.25, -0.2) is 5.84 Å². The van der Waals surface area contributed by atoms with E-state index in [-0.39, 0.29) is 22.8 Å². The number of hydrazine groups is 1. The van der Waals surface area contributed by atoms with E-state index in [9.17, 15) is 14.4 Å². The van der Waals surface area contributed by atoms with Gasteiger partial charge in [-0.15, -0.1) is 0 Å². The van der Waals surface area contributed by atoms with Crippen LogP contribution in [0.2, 0.25) is 0 Å². The SMILES string of the molecule is NNC(=O)C(CSSCC(N)C(=O)O)NC(=O)c1ccccc1N. The van der Waals surface area contributed by atoms with E-state index in [0.29, 0.717) is 0 Å². The minimum Gasteiger partial charge on any atom is -0.480 e. The molecule has 0 spiro atoms. The zero-order valence-electron chi connectivity index (χ0n) is 12.6. The third-order valence-corrected chi connectivity index (χ3v) is 5.30. The molecule has 0 fully saturated rings. The number of anilines is 1. The van der Waals surface area contributed by atoms with Gasteiger partial charge in [0.25, 0.3) is 11.8 Å². The summed E-state index contributed by atoms with van der Waals surface area (Å²) in [5.74, 6) is 3.28. The van der Waals surface area contributed by atoms with Gasteiger partial charge in [-0.1, -0.05) is 33.7 Å². The molecule has 11 heteroatoms. The average Bonchev–Trinajstić information content (AvgIpc) is 2.56. The molecule has 0 heterocycles. The summed E-state index contributed by atoms with van der Waals surface area (Å²) in [6.45, 7) is 0. The topological polar surface area (TPSA) is 174 Å². The fourth-order valence-electron chi connectivity index (χ4n) is 1.53. The van der Waals surface area contributed by atoms with E-state index in [2.05, 4.69) is 5.32 Å². The van der Waals surface area contributed by atoms with Crippen molar-refractivity contribution in [3.05, 3.63) is 29.8 Å². The van der Waals surface area contributed by atoms with Crippen molar-refractivity contribution in [1.82, 2.24) is 10.7 Å². The summed E-state index contributed by atoms with van der Waals surface area (Å²) in [5.41, 5.74) is 13.6. The summed E-state index contributed by atoms with van der Waals surface area (Å²) in [5, 5.41) is 11.2. The minimum absolute atomic E-state index is 0.163. The Morgan fingerprint density at radius 1 is 1.17 bits per heavy atom. The summed E-state index contributed by atoms with van der Waals surface area (Å²) >= 11 is 0. The van der Waals surface area contributed by atoms with Gasteiger partial charge in [0, 0.05) is 17.2 Å². The Morgan fingerprint density at radius 2 is 1.79 bits per heavy atom. The van der Waals surface area contributed by atoms with Crippen LogP contribution >= 0.6 is 21.6 Å². The molecule has 24 heavy (non-hydrogen) atoms. The van der Waals surface area contributed by atoms with Gasteiger partial charge in [0.1, 0.15) is 12.1 Å². The van der Waals surface area contributed by atoms with Crippen molar-refractivity contribution in [3.63, 3.8) is 0 Å². The molecule has 0 saturated carbocycles. The fourth-order valence-corrected chi connectivity index (χ4v) is 3.81. The molecular weight excluding hydrogens is 354 g/mol. The van der Waals surface area contributed by atoms with E-state index in [1.807, 2.05) is 5.43 Å². The second-order valence-corrected chi connectivity index (χ2v) is 7.19. The predicted octanol–water partition coefficient (Wildman–Crippen LogP) is -0.850. The average molecular weight is 373 g/mol. The minimum atomic E-state index is -1.10. The predicted molar refractivity (Wildman–Crippen MR) is 95.0 cm³/mol. The van der Waals surface area contributed by atoms with Gasteiger partial charge >= 0.3 is 5.97 Å². The van der Waals surface area contributed by atoms with Crippen molar-refractivity contribution in [2.75, 3.05) is 17.2 Å². The molecule has 0 radical (unpaired) electrons. The Balaban J connectivity index is 2.60. The zero-order valence-corrected chi connectivity index (χ0v) is 14.2. The van der Waals surface area contributed by atoms with Crippen LogP contribution in [0.15, 0.2) is 24.3 Å². The largest absolute Gasteiger partial charge is 0.480 e. The number of hydrogen-bond acceptors (Lipinski definition) is 8. The van der Waals surface area contributed by atoms with E-state index in [4.69, 9.17) is 22.4 Å². The summed E-state index contributed by atoms with van der Waals surface area (Å²) in [6.07, 6.45) is 0. The molecule has 2 unspecified atom stereocenters. The van der Waals surface area contributed by atoms with Crippen LogP contribution in [0, 0.1) is 0 Å². The number of aliphatic carboxylic acids is 1. The van der Waals surface area contributed by atoms with Crippen molar-refractivity contribution in [3.8, 4) is 0 Å². The van der Waals surface area contributed by atoms with Crippen molar-refractivity contribution in [2.24, 2.45) is 11.6 Å². The highest BCUT2D eigenvalue weighted by Crippen LogP contribution is 2.23. The van der Waals surface area contributed by atoms with Crippen LogP contribution in [0.25, 0.3) is 0 Å². The maximum Gasteiger partial charge on any atom is 0.321 e. The molecule has 9 nitrogen and oxygen atoms in total. The molecule has 2 amide bonds. The maximum absolute atomic E-state index is 12.2. The number of benzene rings is 1. The van der Waals surface area contributed by atoms with E-state index >= 15 is 0 Å². The number of para-hydroxylation sites is 1. The second kappa shape index (κ2) is 10.0. The van der Waals surface area contributed by atoms with E-state index in [0.717, 1.165) is 0 Å². The highest BCUT2D eigenvalue weighted by atomic mass is 33.1. The molecule has 132 valence electrons. The molecular formula is C13H19N5O4S2. The number of carboxylic acids is 1. The highest BCUT2D eigenvalue weighted by Gasteiger charge is 2.22. The number of hydrogen-bond donors (Lipinski definition) is 6. The van der Waals surface area contributed by atoms with Gasteiger partial charge in [0.05, 0.1) is 5.56 Å². The Morgan fingerprint density at radius 3 is 2.38 bits per heavy atom. The Hall–Kier alpha value is -1.95. The Labute approximate surface area is 146 Å². The smallest absolute Gasteiger partial charge is 0.321 e. The van der Waals surface area contributed by atoms with Crippen LogP contribution < -0.4 is 28.1 Å². The molecule has 0 aliphatic heterocycles. The van der Waals surface area contributed by atoms with Crippen molar-refractivity contribution in [2.45, 2.75) is 12.1 Å². The lowest BCUT2D eigenvalue weighted by Crippen LogP contribution is -2.50. The van der Waals surface area contributed by atoms with Crippen LogP contribution in [-0.2, 0) is 9.59 Å². The summed E-state index contributed by atoms with van der Waals surface area (Å²) in [4.78, 5) is 34.6. The number of carboxylic acid groups (broad SMARTS) is 1. The van der Waals surface area contributed by atoms with Gasteiger partial charge in [-0.2, -0.15) is 0 Å². The monoisotopic (exact) mass is 373 g/mol. The third-order valence-electron chi connectivity index (χ3n) is 2.85. The summed E-state index contributed by atoms with van der Waals surface area (Å²) in [6, 6.07) is 4.56. The molecule has 9 N–H and O–H groups in total. The van der Waals surface area contributed by atoms with Crippen LogP contribution in [-0.4, -0.2) is 46.5 Å². The van der Waals surface area contributed by atoms with Crippen molar-refractivity contribution >= 4 is 45.1 Å². The van der Waals surface area contributed by atoms with Gasteiger partial charge < -0.3 is 21.9 Å². The first-order valence-electron chi connectivity index (χ1n) is 6.75. The number of amides is 2.